The molecule has 4 aliphatic rings. The lowest BCUT2D eigenvalue weighted by Gasteiger charge is -2.61. The summed E-state index contributed by atoms with van der Waals surface area (Å²) in [5, 5.41) is 0. The van der Waals surface area contributed by atoms with Crippen LogP contribution in [-0.4, -0.2) is 65.6 Å². The molecule has 6 atom stereocenters. The standard InChI is InChI=1S/C30H43Cl3N2O3/c1-6-7-26(34(4)27(36)38-18-29(31,32)33)24-12-13-28(3)19(2)35(16-20-8-9-20)17-22-14-21-10-11-23(37-5)15-25(21)30(22,24)28/h10-11,15,19-20,22,24,26H,6-9,12-14,16-18H2,1-5H3. The Morgan fingerprint density at radius 2 is 2.00 bits per heavy atom. The van der Waals surface area contributed by atoms with Gasteiger partial charge in [0.2, 0.25) is 3.79 Å². The fourth-order valence-electron chi connectivity index (χ4n) is 8.79. The fraction of sp³-hybridized carbons (Fsp3) is 0.767. The van der Waals surface area contributed by atoms with E-state index in [9.17, 15) is 4.79 Å². The van der Waals surface area contributed by atoms with Crippen LogP contribution in [-0.2, 0) is 16.6 Å². The third kappa shape index (κ3) is 4.72. The van der Waals surface area contributed by atoms with E-state index in [1.54, 1.807) is 7.11 Å². The number of amides is 1. The van der Waals surface area contributed by atoms with Gasteiger partial charge in [-0.25, -0.2) is 4.79 Å². The van der Waals surface area contributed by atoms with E-state index in [4.69, 9.17) is 44.3 Å². The molecule has 5 nitrogen and oxygen atoms in total. The lowest BCUT2D eigenvalue weighted by atomic mass is 9.50. The fourth-order valence-corrected chi connectivity index (χ4v) is 8.95. The summed E-state index contributed by atoms with van der Waals surface area (Å²) in [5.41, 5.74) is 2.95. The van der Waals surface area contributed by atoms with Gasteiger partial charge in [0.05, 0.1) is 7.11 Å². The maximum absolute atomic E-state index is 13.3. The highest BCUT2D eigenvalue weighted by Gasteiger charge is 2.70. The van der Waals surface area contributed by atoms with E-state index in [-0.39, 0.29) is 23.5 Å². The predicted molar refractivity (Wildman–Crippen MR) is 155 cm³/mol. The van der Waals surface area contributed by atoms with E-state index >= 15 is 0 Å². The molecule has 0 bridgehead atoms. The molecule has 2 saturated carbocycles. The van der Waals surface area contributed by atoms with Crippen molar-refractivity contribution in [2.45, 2.75) is 87.0 Å². The van der Waals surface area contributed by atoms with Crippen LogP contribution in [0.2, 0.25) is 0 Å². The second-order valence-electron chi connectivity index (χ2n) is 12.6. The number of piperidine rings is 1. The molecular weight excluding hydrogens is 543 g/mol. The Morgan fingerprint density at radius 1 is 1.26 bits per heavy atom. The van der Waals surface area contributed by atoms with Gasteiger partial charge in [0.15, 0.2) is 0 Å². The molecule has 1 aromatic carbocycles. The Hall–Kier alpha value is -0.880. The topological polar surface area (TPSA) is 42.0 Å². The van der Waals surface area contributed by atoms with E-state index in [0.29, 0.717) is 17.9 Å². The summed E-state index contributed by atoms with van der Waals surface area (Å²) in [6, 6.07) is 7.22. The van der Waals surface area contributed by atoms with Gasteiger partial charge >= 0.3 is 6.09 Å². The number of carbonyl (C=O) groups excluding carboxylic acids is 1. The quantitative estimate of drug-likeness (QED) is 0.302. The molecule has 38 heavy (non-hydrogen) atoms. The number of likely N-dealkylation sites (tertiary alicyclic amines) is 1. The van der Waals surface area contributed by atoms with E-state index in [1.165, 1.54) is 30.5 Å². The Bertz CT molecular complexity index is 1040. The van der Waals surface area contributed by atoms with E-state index in [0.717, 1.165) is 50.3 Å². The largest absolute Gasteiger partial charge is 0.497 e. The average molecular weight is 586 g/mol. The monoisotopic (exact) mass is 584 g/mol. The van der Waals surface area contributed by atoms with Gasteiger partial charge in [-0.15, -0.1) is 0 Å². The van der Waals surface area contributed by atoms with Gasteiger partial charge in [-0.05, 0) is 91.9 Å². The number of carbonyl (C=O) groups is 1. The van der Waals surface area contributed by atoms with Crippen molar-refractivity contribution >= 4 is 40.9 Å². The van der Waals surface area contributed by atoms with Gasteiger partial charge in [0, 0.05) is 37.6 Å². The molecular formula is C30H43Cl3N2O3. The number of ether oxygens (including phenoxy) is 2. The molecule has 1 aliphatic heterocycles. The number of nitrogens with zero attached hydrogens (tertiary/aromatic N) is 2. The first-order chi connectivity index (χ1) is 18.0. The second kappa shape index (κ2) is 10.5. The number of benzene rings is 1. The Balaban J connectivity index is 1.57. The van der Waals surface area contributed by atoms with Crippen molar-refractivity contribution in [2.75, 3.05) is 33.9 Å². The smallest absolute Gasteiger partial charge is 0.409 e. The highest BCUT2D eigenvalue weighted by molar-refractivity contribution is 6.67. The minimum atomic E-state index is -1.63. The summed E-state index contributed by atoms with van der Waals surface area (Å²) in [6.07, 6.45) is 7.52. The number of hydrogen-bond donors (Lipinski definition) is 0. The van der Waals surface area contributed by atoms with Crippen LogP contribution in [0, 0.1) is 23.2 Å². The highest BCUT2D eigenvalue weighted by Crippen LogP contribution is 2.70. The van der Waals surface area contributed by atoms with Crippen molar-refractivity contribution < 1.29 is 14.3 Å². The number of rotatable bonds is 8. The van der Waals surface area contributed by atoms with Gasteiger partial charge in [-0.1, -0.05) is 61.1 Å². The molecule has 0 radical (unpaired) electrons. The number of alkyl halides is 3. The first kappa shape index (κ1) is 28.6. The minimum absolute atomic E-state index is 0.0338. The van der Waals surface area contributed by atoms with E-state index in [1.807, 2.05) is 11.9 Å². The highest BCUT2D eigenvalue weighted by atomic mass is 35.6. The molecule has 1 aromatic rings. The van der Waals surface area contributed by atoms with Crippen LogP contribution >= 0.6 is 34.8 Å². The first-order valence-corrected chi connectivity index (χ1v) is 15.5. The van der Waals surface area contributed by atoms with Gasteiger partial charge in [0.25, 0.3) is 0 Å². The summed E-state index contributed by atoms with van der Waals surface area (Å²) in [6.45, 7) is 9.28. The molecule has 3 aliphatic carbocycles. The van der Waals surface area contributed by atoms with Crippen molar-refractivity contribution in [3.05, 3.63) is 29.3 Å². The Morgan fingerprint density at radius 3 is 2.63 bits per heavy atom. The molecule has 1 spiro atoms. The molecule has 1 amide bonds. The maximum Gasteiger partial charge on any atom is 0.409 e. The third-order valence-electron chi connectivity index (χ3n) is 10.7. The first-order valence-electron chi connectivity index (χ1n) is 14.3. The summed E-state index contributed by atoms with van der Waals surface area (Å²) in [5.74, 6) is 2.59. The molecule has 6 unspecified atom stereocenters. The molecule has 3 fully saturated rings. The zero-order valence-corrected chi connectivity index (χ0v) is 25.7. The van der Waals surface area contributed by atoms with Crippen LogP contribution in [0.5, 0.6) is 5.75 Å². The van der Waals surface area contributed by atoms with E-state index in [2.05, 4.69) is 43.9 Å². The number of halogens is 3. The van der Waals surface area contributed by atoms with Crippen molar-refractivity contribution in [1.82, 2.24) is 9.80 Å². The van der Waals surface area contributed by atoms with Crippen LogP contribution in [0.25, 0.3) is 0 Å². The molecule has 5 rings (SSSR count). The van der Waals surface area contributed by atoms with Crippen molar-refractivity contribution in [1.29, 1.82) is 0 Å². The normalized spacial score (nSPS) is 33.3. The molecule has 212 valence electrons. The number of fused-ring (bicyclic) bond motifs is 1. The van der Waals surface area contributed by atoms with Gasteiger partial charge in [-0.2, -0.15) is 0 Å². The van der Waals surface area contributed by atoms with Crippen molar-refractivity contribution in [2.24, 2.45) is 23.2 Å². The summed E-state index contributed by atoms with van der Waals surface area (Å²) >= 11 is 17.7. The zero-order chi connectivity index (χ0) is 27.5. The summed E-state index contributed by atoms with van der Waals surface area (Å²) < 4.78 is 9.62. The third-order valence-corrected chi connectivity index (χ3v) is 11.0. The van der Waals surface area contributed by atoms with Crippen molar-refractivity contribution in [3.63, 3.8) is 0 Å². The van der Waals surface area contributed by atoms with Crippen molar-refractivity contribution in [3.8, 4) is 5.75 Å². The number of methoxy groups -OCH3 is 1. The Labute approximate surface area is 243 Å². The lowest BCUT2D eigenvalue weighted by Crippen LogP contribution is -2.66. The number of hydrogen-bond acceptors (Lipinski definition) is 4. The van der Waals surface area contributed by atoms with Crippen LogP contribution in [0.1, 0.15) is 70.4 Å². The lowest BCUT2D eigenvalue weighted by molar-refractivity contribution is -0.0801. The van der Waals surface area contributed by atoms with Crippen LogP contribution in [0.4, 0.5) is 4.79 Å². The summed E-state index contributed by atoms with van der Waals surface area (Å²) in [4.78, 5) is 17.9. The molecule has 0 N–H and O–H groups in total. The molecule has 1 heterocycles. The SMILES string of the molecule is CCCC(C1CCC2(C)C(C)N(CC3CC3)CC3Cc4ccc(OC)cc4C312)N(C)C(=O)OCC(Cl)(Cl)Cl. The van der Waals surface area contributed by atoms with Crippen LogP contribution in [0.3, 0.4) is 0 Å². The minimum Gasteiger partial charge on any atom is -0.497 e. The van der Waals surface area contributed by atoms with Gasteiger partial charge in [0.1, 0.15) is 12.4 Å². The molecule has 0 aromatic heterocycles. The predicted octanol–water partition coefficient (Wildman–Crippen LogP) is 7.24. The zero-order valence-electron chi connectivity index (χ0n) is 23.4. The molecule has 8 heteroatoms. The maximum atomic E-state index is 13.3. The van der Waals surface area contributed by atoms with Gasteiger partial charge in [-0.3, -0.25) is 4.90 Å². The van der Waals surface area contributed by atoms with Crippen LogP contribution in [0.15, 0.2) is 18.2 Å². The second-order valence-corrected chi connectivity index (χ2v) is 15.1. The summed E-state index contributed by atoms with van der Waals surface area (Å²) in [7, 11) is 3.63. The Kier molecular flexibility index (Phi) is 7.92. The average Bonchev–Trinajstić information content (AvgIpc) is 3.56. The van der Waals surface area contributed by atoms with E-state index < -0.39 is 9.89 Å². The van der Waals surface area contributed by atoms with Gasteiger partial charge < -0.3 is 14.4 Å². The molecule has 1 saturated heterocycles. The van der Waals surface area contributed by atoms with Crippen LogP contribution < -0.4 is 4.74 Å².